The summed E-state index contributed by atoms with van der Waals surface area (Å²) in [6.45, 7) is 0.694. The average molecular weight is 240 g/mol. The predicted molar refractivity (Wildman–Crippen MR) is 69.0 cm³/mol. The van der Waals surface area contributed by atoms with Crippen LogP contribution in [-0.4, -0.2) is 19.6 Å². The zero-order valence-corrected chi connectivity index (χ0v) is 9.61. The monoisotopic (exact) mass is 240 g/mol. The molecule has 3 aromatic rings. The van der Waals surface area contributed by atoms with Crippen molar-refractivity contribution in [2.45, 2.75) is 6.54 Å². The van der Waals surface area contributed by atoms with E-state index in [1.54, 1.807) is 10.6 Å². The Balaban J connectivity index is 1.88. The van der Waals surface area contributed by atoms with Crippen molar-refractivity contribution in [3.8, 4) is 0 Å². The van der Waals surface area contributed by atoms with Gasteiger partial charge in [-0.25, -0.2) is 0 Å². The molecule has 90 valence electrons. The Hall–Kier alpha value is -2.63. The van der Waals surface area contributed by atoms with E-state index in [0.29, 0.717) is 18.1 Å². The molecule has 0 aliphatic carbocycles. The van der Waals surface area contributed by atoms with E-state index in [2.05, 4.69) is 32.5 Å². The number of nitrogens with zero attached hydrogens (tertiary/aromatic N) is 4. The number of fused-ring (bicyclic) bond motifs is 1. The first kappa shape index (κ1) is 10.5. The van der Waals surface area contributed by atoms with Gasteiger partial charge >= 0.3 is 0 Å². The Morgan fingerprint density at radius 1 is 1.22 bits per heavy atom. The molecule has 3 N–H and O–H groups in total. The highest BCUT2D eigenvalue weighted by Gasteiger charge is 2.05. The maximum atomic E-state index is 5.72. The van der Waals surface area contributed by atoms with Crippen molar-refractivity contribution in [1.29, 1.82) is 0 Å². The first-order chi connectivity index (χ1) is 8.83. The van der Waals surface area contributed by atoms with E-state index >= 15 is 0 Å². The number of rotatable bonds is 3. The van der Waals surface area contributed by atoms with Crippen LogP contribution < -0.4 is 11.1 Å². The summed E-state index contributed by atoms with van der Waals surface area (Å²) in [6.07, 6.45) is 1.45. The Labute approximate surface area is 103 Å². The summed E-state index contributed by atoms with van der Waals surface area (Å²) < 4.78 is 1.62. The lowest BCUT2D eigenvalue weighted by molar-refractivity contribution is 0.927. The van der Waals surface area contributed by atoms with E-state index in [0.717, 1.165) is 5.82 Å². The van der Waals surface area contributed by atoms with Gasteiger partial charge in [-0.15, -0.1) is 0 Å². The minimum atomic E-state index is 0.422. The van der Waals surface area contributed by atoms with Crippen LogP contribution in [0.3, 0.4) is 0 Å². The van der Waals surface area contributed by atoms with Gasteiger partial charge in [-0.3, -0.25) is 0 Å². The van der Waals surface area contributed by atoms with E-state index in [9.17, 15) is 0 Å². The second-order valence-corrected chi connectivity index (χ2v) is 3.88. The molecule has 3 rings (SSSR count). The van der Waals surface area contributed by atoms with Gasteiger partial charge in [-0.2, -0.15) is 19.6 Å². The van der Waals surface area contributed by atoms with Gasteiger partial charge < -0.3 is 11.1 Å². The topological polar surface area (TPSA) is 81.1 Å². The zero-order chi connectivity index (χ0) is 12.4. The molecular formula is C12H12N6. The Morgan fingerprint density at radius 3 is 2.89 bits per heavy atom. The summed E-state index contributed by atoms with van der Waals surface area (Å²) in [5.74, 6) is 1.69. The molecule has 1 aromatic carbocycles. The summed E-state index contributed by atoms with van der Waals surface area (Å²) in [4.78, 5) is 8.09. The molecule has 6 heteroatoms. The van der Waals surface area contributed by atoms with E-state index in [1.807, 2.05) is 18.2 Å². The number of anilines is 2. The molecule has 0 aliphatic rings. The molecule has 6 nitrogen and oxygen atoms in total. The number of nitrogens with one attached hydrogen (secondary N) is 1. The normalized spacial score (nSPS) is 10.7. The Morgan fingerprint density at radius 2 is 2.06 bits per heavy atom. The van der Waals surface area contributed by atoms with Crippen molar-refractivity contribution >= 4 is 17.4 Å². The quantitative estimate of drug-likeness (QED) is 0.721. The highest BCUT2D eigenvalue weighted by atomic mass is 15.4. The van der Waals surface area contributed by atoms with Crippen LogP contribution in [0.25, 0.3) is 5.78 Å². The highest BCUT2D eigenvalue weighted by Crippen LogP contribution is 2.13. The molecule has 0 saturated heterocycles. The lowest BCUT2D eigenvalue weighted by atomic mass is 10.2. The summed E-state index contributed by atoms with van der Waals surface area (Å²) >= 11 is 0. The molecule has 0 fully saturated rings. The van der Waals surface area contributed by atoms with Crippen molar-refractivity contribution in [3.05, 3.63) is 48.3 Å². The molecule has 18 heavy (non-hydrogen) atoms. The third-order valence-corrected chi connectivity index (χ3v) is 2.59. The highest BCUT2D eigenvalue weighted by molar-refractivity contribution is 5.52. The molecule has 0 unspecified atom stereocenters. The van der Waals surface area contributed by atoms with Crippen molar-refractivity contribution < 1.29 is 0 Å². The maximum absolute atomic E-state index is 5.72. The molecule has 0 saturated carbocycles. The van der Waals surface area contributed by atoms with Gasteiger partial charge in [0, 0.05) is 12.6 Å². The minimum Gasteiger partial charge on any atom is -0.383 e. The first-order valence-electron chi connectivity index (χ1n) is 5.57. The third-order valence-electron chi connectivity index (χ3n) is 2.59. The third kappa shape index (κ3) is 1.95. The van der Waals surface area contributed by atoms with Gasteiger partial charge in [0.15, 0.2) is 0 Å². The van der Waals surface area contributed by atoms with Crippen molar-refractivity contribution in [3.63, 3.8) is 0 Å². The molecule has 2 aromatic heterocycles. The van der Waals surface area contributed by atoms with E-state index < -0.39 is 0 Å². The lowest BCUT2D eigenvalue weighted by Crippen LogP contribution is -2.07. The van der Waals surface area contributed by atoms with Gasteiger partial charge in [0.25, 0.3) is 5.78 Å². The van der Waals surface area contributed by atoms with E-state index in [1.165, 1.54) is 11.9 Å². The summed E-state index contributed by atoms with van der Waals surface area (Å²) in [5.41, 5.74) is 6.90. The van der Waals surface area contributed by atoms with Crippen LogP contribution in [0.1, 0.15) is 5.56 Å². The summed E-state index contributed by atoms with van der Waals surface area (Å²) in [5, 5.41) is 7.37. The van der Waals surface area contributed by atoms with Crippen LogP contribution in [-0.2, 0) is 6.54 Å². The van der Waals surface area contributed by atoms with Crippen LogP contribution in [0.15, 0.2) is 42.7 Å². The number of nitrogens with two attached hydrogens (primary N) is 1. The van der Waals surface area contributed by atoms with E-state index in [4.69, 9.17) is 5.73 Å². The van der Waals surface area contributed by atoms with E-state index in [-0.39, 0.29) is 0 Å². The Kier molecular flexibility index (Phi) is 2.53. The second kappa shape index (κ2) is 4.33. The zero-order valence-electron chi connectivity index (χ0n) is 9.61. The van der Waals surface area contributed by atoms with Gasteiger partial charge in [0.05, 0.1) is 0 Å². The number of nitrogen functional groups attached to an aromatic ring is 1. The smallest absolute Gasteiger partial charge is 0.256 e. The minimum absolute atomic E-state index is 0.422. The van der Waals surface area contributed by atoms with Gasteiger partial charge in [0.1, 0.15) is 18.0 Å². The number of hydrogen-bond donors (Lipinski definition) is 2. The van der Waals surface area contributed by atoms with Crippen molar-refractivity contribution in [1.82, 2.24) is 19.6 Å². The standard InChI is InChI=1S/C12H12N6/c13-10-6-11(18-12(17-10)15-8-16-18)14-7-9-4-2-1-3-5-9/h1-6,8,14H,7H2,(H2,13,15,16,17). The first-order valence-corrected chi connectivity index (χ1v) is 5.57. The molecule has 0 aliphatic heterocycles. The van der Waals surface area contributed by atoms with Crippen molar-refractivity contribution in [2.75, 3.05) is 11.1 Å². The van der Waals surface area contributed by atoms with Crippen LogP contribution in [0.5, 0.6) is 0 Å². The lowest BCUT2D eigenvalue weighted by Gasteiger charge is -2.08. The fraction of sp³-hybridized carbons (Fsp3) is 0.0833. The molecule has 2 heterocycles. The van der Waals surface area contributed by atoms with Crippen LogP contribution in [0.4, 0.5) is 11.6 Å². The van der Waals surface area contributed by atoms with Gasteiger partial charge in [-0.1, -0.05) is 30.3 Å². The van der Waals surface area contributed by atoms with Crippen LogP contribution in [0, 0.1) is 0 Å². The predicted octanol–water partition coefficient (Wildman–Crippen LogP) is 1.32. The van der Waals surface area contributed by atoms with Crippen LogP contribution >= 0.6 is 0 Å². The molecule has 0 radical (unpaired) electrons. The molecular weight excluding hydrogens is 228 g/mol. The number of benzene rings is 1. The molecule has 0 bridgehead atoms. The van der Waals surface area contributed by atoms with Crippen LogP contribution in [0.2, 0.25) is 0 Å². The van der Waals surface area contributed by atoms with Gasteiger partial charge in [0.2, 0.25) is 0 Å². The van der Waals surface area contributed by atoms with Gasteiger partial charge in [-0.05, 0) is 5.56 Å². The fourth-order valence-corrected chi connectivity index (χ4v) is 1.74. The van der Waals surface area contributed by atoms with Crippen molar-refractivity contribution in [2.24, 2.45) is 0 Å². The SMILES string of the molecule is Nc1cc(NCc2ccccc2)n2ncnc2n1. The number of hydrogen-bond acceptors (Lipinski definition) is 5. The fourth-order valence-electron chi connectivity index (χ4n) is 1.74. The molecule has 0 atom stereocenters. The largest absolute Gasteiger partial charge is 0.383 e. The summed E-state index contributed by atoms with van der Waals surface area (Å²) in [7, 11) is 0. The number of aromatic nitrogens is 4. The molecule has 0 spiro atoms. The maximum Gasteiger partial charge on any atom is 0.256 e. The summed E-state index contributed by atoms with van der Waals surface area (Å²) in [6, 6.07) is 11.8. The molecule has 0 amide bonds. The second-order valence-electron chi connectivity index (χ2n) is 3.88. The Bertz CT molecular complexity index is 661. The average Bonchev–Trinajstić information content (AvgIpc) is 2.85.